The summed E-state index contributed by atoms with van der Waals surface area (Å²) >= 11 is 0. The van der Waals surface area contributed by atoms with E-state index in [-0.39, 0.29) is 11.1 Å². The molecule has 1 fully saturated rings. The van der Waals surface area contributed by atoms with E-state index in [1.807, 2.05) is 0 Å². The second-order valence-corrected chi connectivity index (χ2v) is 6.95. The van der Waals surface area contributed by atoms with Crippen LogP contribution < -0.4 is 5.32 Å². The van der Waals surface area contributed by atoms with E-state index in [9.17, 15) is 0 Å². The van der Waals surface area contributed by atoms with E-state index in [4.69, 9.17) is 4.74 Å². The van der Waals surface area contributed by atoms with Gasteiger partial charge in [-0.25, -0.2) is 0 Å². The zero-order chi connectivity index (χ0) is 13.6. The molecule has 0 saturated heterocycles. The van der Waals surface area contributed by atoms with Crippen molar-refractivity contribution in [1.82, 2.24) is 5.32 Å². The van der Waals surface area contributed by atoms with Crippen molar-refractivity contribution in [2.45, 2.75) is 84.3 Å². The lowest BCUT2D eigenvalue weighted by Crippen LogP contribution is -2.50. The van der Waals surface area contributed by atoms with Crippen molar-refractivity contribution in [3.8, 4) is 0 Å². The molecule has 0 aromatic carbocycles. The fourth-order valence-electron chi connectivity index (χ4n) is 3.01. The van der Waals surface area contributed by atoms with Gasteiger partial charge >= 0.3 is 0 Å². The maximum atomic E-state index is 6.13. The van der Waals surface area contributed by atoms with Crippen molar-refractivity contribution in [3.05, 3.63) is 0 Å². The first-order valence-electron chi connectivity index (χ1n) is 7.80. The van der Waals surface area contributed by atoms with Crippen molar-refractivity contribution >= 4 is 0 Å². The lowest BCUT2D eigenvalue weighted by Gasteiger charge is -2.41. The minimum absolute atomic E-state index is 0.103. The lowest BCUT2D eigenvalue weighted by atomic mass is 9.76. The number of hydrogen-bond acceptors (Lipinski definition) is 2. The molecule has 0 heterocycles. The molecule has 0 atom stereocenters. The van der Waals surface area contributed by atoms with E-state index < -0.39 is 0 Å². The molecule has 1 N–H and O–H groups in total. The zero-order valence-electron chi connectivity index (χ0n) is 13.1. The van der Waals surface area contributed by atoms with Crippen LogP contribution in [0, 0.1) is 5.92 Å². The quantitative estimate of drug-likeness (QED) is 0.770. The van der Waals surface area contributed by atoms with Gasteiger partial charge in [0.15, 0.2) is 0 Å². The van der Waals surface area contributed by atoms with Crippen molar-refractivity contribution < 1.29 is 4.74 Å². The van der Waals surface area contributed by atoms with E-state index in [1.165, 1.54) is 38.5 Å². The summed E-state index contributed by atoms with van der Waals surface area (Å²) in [4.78, 5) is 0. The highest BCUT2D eigenvalue weighted by atomic mass is 16.5. The normalized spacial score (nSPS) is 29.5. The average Bonchev–Trinajstić information content (AvgIpc) is 2.30. The summed E-state index contributed by atoms with van der Waals surface area (Å²) in [6.45, 7) is 13.0. The molecule has 0 radical (unpaired) electrons. The molecule has 108 valence electrons. The molecule has 1 aliphatic rings. The molecule has 1 rings (SSSR count). The smallest absolute Gasteiger partial charge is 0.0806 e. The Kier molecular flexibility index (Phi) is 6.13. The van der Waals surface area contributed by atoms with Gasteiger partial charge in [-0.05, 0) is 59.3 Å². The summed E-state index contributed by atoms with van der Waals surface area (Å²) in [6, 6.07) is 0. The van der Waals surface area contributed by atoms with E-state index in [1.54, 1.807) is 0 Å². The fraction of sp³-hybridized carbons (Fsp3) is 1.00. The van der Waals surface area contributed by atoms with Gasteiger partial charge in [-0.1, -0.05) is 19.8 Å². The first-order chi connectivity index (χ1) is 8.41. The van der Waals surface area contributed by atoms with Crippen LogP contribution in [0.2, 0.25) is 0 Å². The Morgan fingerprint density at radius 2 is 1.78 bits per heavy atom. The number of ether oxygens (including phenoxy) is 1. The molecule has 0 bridgehead atoms. The summed E-state index contributed by atoms with van der Waals surface area (Å²) in [7, 11) is 0. The van der Waals surface area contributed by atoms with Gasteiger partial charge in [0.05, 0.1) is 5.60 Å². The number of hydrogen-bond donors (Lipinski definition) is 1. The molecular weight excluding hydrogens is 222 g/mol. The summed E-state index contributed by atoms with van der Waals surface area (Å²) in [5, 5.41) is 3.64. The van der Waals surface area contributed by atoms with E-state index in [0.29, 0.717) is 0 Å². The third-order valence-electron chi connectivity index (χ3n) is 4.10. The molecule has 0 aliphatic heterocycles. The van der Waals surface area contributed by atoms with Crippen LogP contribution in [0.3, 0.4) is 0 Å². The Balaban J connectivity index is 2.50. The molecule has 0 aromatic rings. The molecule has 2 nitrogen and oxygen atoms in total. The predicted octanol–water partition coefficient (Wildman–Crippen LogP) is 4.14. The number of nitrogens with one attached hydrogen (secondary N) is 1. The minimum atomic E-state index is 0.103. The average molecular weight is 255 g/mol. The highest BCUT2D eigenvalue weighted by Gasteiger charge is 2.36. The molecule has 2 heteroatoms. The van der Waals surface area contributed by atoms with Gasteiger partial charge in [0, 0.05) is 18.7 Å². The van der Waals surface area contributed by atoms with Crippen molar-refractivity contribution in [2.75, 3.05) is 13.2 Å². The molecule has 1 saturated carbocycles. The fourth-order valence-corrected chi connectivity index (χ4v) is 3.01. The molecular formula is C16H33NO. The SMILES string of the molecule is CCCC1CCC(CNC(C)(C)C)(OCC)CC1. The zero-order valence-corrected chi connectivity index (χ0v) is 13.1. The highest BCUT2D eigenvalue weighted by Crippen LogP contribution is 2.36. The van der Waals surface area contributed by atoms with Gasteiger partial charge in [-0.15, -0.1) is 0 Å². The monoisotopic (exact) mass is 255 g/mol. The molecule has 0 aromatic heterocycles. The van der Waals surface area contributed by atoms with Crippen molar-refractivity contribution in [1.29, 1.82) is 0 Å². The standard InChI is InChI=1S/C16H33NO/c1-6-8-14-9-11-16(12-10-14,18-7-2)13-17-15(3,4)5/h14,17H,6-13H2,1-5H3. The largest absolute Gasteiger partial charge is 0.374 e. The minimum Gasteiger partial charge on any atom is -0.374 e. The molecule has 0 unspecified atom stereocenters. The maximum Gasteiger partial charge on any atom is 0.0806 e. The molecule has 0 spiro atoms. The van der Waals surface area contributed by atoms with Gasteiger partial charge in [-0.2, -0.15) is 0 Å². The Morgan fingerprint density at radius 3 is 2.22 bits per heavy atom. The second kappa shape index (κ2) is 6.91. The van der Waals surface area contributed by atoms with Gasteiger partial charge in [0.25, 0.3) is 0 Å². The van der Waals surface area contributed by atoms with Crippen LogP contribution in [0.4, 0.5) is 0 Å². The lowest BCUT2D eigenvalue weighted by molar-refractivity contribution is -0.0745. The van der Waals surface area contributed by atoms with E-state index in [2.05, 4.69) is 39.9 Å². The maximum absolute atomic E-state index is 6.13. The van der Waals surface area contributed by atoms with Gasteiger partial charge in [-0.3, -0.25) is 0 Å². The predicted molar refractivity (Wildman–Crippen MR) is 79.0 cm³/mol. The van der Waals surface area contributed by atoms with Crippen molar-refractivity contribution in [2.24, 2.45) is 5.92 Å². The van der Waals surface area contributed by atoms with Crippen LogP contribution in [-0.2, 0) is 4.74 Å². The Bertz CT molecular complexity index is 224. The highest BCUT2D eigenvalue weighted by molar-refractivity contribution is 4.91. The third kappa shape index (κ3) is 5.27. The third-order valence-corrected chi connectivity index (χ3v) is 4.10. The van der Waals surface area contributed by atoms with Crippen LogP contribution in [0.15, 0.2) is 0 Å². The summed E-state index contributed by atoms with van der Waals surface area (Å²) in [5.74, 6) is 0.943. The van der Waals surface area contributed by atoms with E-state index in [0.717, 1.165) is 19.1 Å². The van der Waals surface area contributed by atoms with Crippen LogP contribution >= 0.6 is 0 Å². The Morgan fingerprint density at radius 1 is 1.17 bits per heavy atom. The van der Waals surface area contributed by atoms with Gasteiger partial charge < -0.3 is 10.1 Å². The van der Waals surface area contributed by atoms with Crippen LogP contribution in [0.25, 0.3) is 0 Å². The summed E-state index contributed by atoms with van der Waals surface area (Å²) in [5.41, 5.74) is 0.288. The first kappa shape index (κ1) is 16.0. The van der Waals surface area contributed by atoms with E-state index >= 15 is 0 Å². The first-order valence-corrected chi connectivity index (χ1v) is 7.80. The Hall–Kier alpha value is -0.0800. The van der Waals surface area contributed by atoms with Crippen LogP contribution in [0.5, 0.6) is 0 Å². The summed E-state index contributed by atoms with van der Waals surface area (Å²) in [6.07, 6.45) is 7.88. The number of rotatable bonds is 6. The topological polar surface area (TPSA) is 21.3 Å². The molecule has 1 aliphatic carbocycles. The van der Waals surface area contributed by atoms with Gasteiger partial charge in [0.1, 0.15) is 0 Å². The summed E-state index contributed by atoms with van der Waals surface area (Å²) < 4.78 is 6.13. The van der Waals surface area contributed by atoms with Gasteiger partial charge in [0.2, 0.25) is 0 Å². The molecule has 0 amide bonds. The van der Waals surface area contributed by atoms with Crippen LogP contribution in [-0.4, -0.2) is 24.3 Å². The second-order valence-electron chi connectivity index (χ2n) is 6.95. The Labute approximate surface area is 114 Å². The van der Waals surface area contributed by atoms with Crippen molar-refractivity contribution in [3.63, 3.8) is 0 Å². The van der Waals surface area contributed by atoms with Crippen LogP contribution in [0.1, 0.15) is 73.1 Å². The molecule has 18 heavy (non-hydrogen) atoms.